The molecule has 0 spiro atoms. The van der Waals surface area contributed by atoms with E-state index in [2.05, 4.69) is 21.9 Å². The summed E-state index contributed by atoms with van der Waals surface area (Å²) in [6.07, 6.45) is 15.5. The fraction of sp³-hybridized carbons (Fsp3) is 0.643. The lowest BCUT2D eigenvalue weighted by Crippen LogP contribution is -2.41. The van der Waals surface area contributed by atoms with Gasteiger partial charge in [-0.3, -0.25) is 9.05 Å². The van der Waals surface area contributed by atoms with Crippen molar-refractivity contribution in [1.29, 1.82) is 10.5 Å². The molecule has 59 heavy (non-hydrogen) atoms. The third-order valence-corrected chi connectivity index (χ3v) is 11.4. The predicted octanol–water partition coefficient (Wildman–Crippen LogP) is 7.57. The fourth-order valence-corrected chi connectivity index (χ4v) is 7.91. The molecule has 3 aromatic rings. The molecule has 322 valence electrons. The number of ether oxygens (including phenoxy) is 3. The van der Waals surface area contributed by atoms with Crippen LogP contribution in [0.4, 0.5) is 11.5 Å². The van der Waals surface area contributed by atoms with Gasteiger partial charge in [-0.25, -0.2) is 18.9 Å². The highest BCUT2D eigenvalue weighted by Gasteiger charge is 2.58. The van der Waals surface area contributed by atoms with E-state index in [9.17, 15) is 30.2 Å². The number of nitrogens with two attached hydrogens (primary N) is 1. The number of nitrogens with zero attached hydrogens (tertiary/aromatic N) is 6. The van der Waals surface area contributed by atoms with Gasteiger partial charge in [-0.2, -0.15) is 15.6 Å². The second-order valence-electron chi connectivity index (χ2n) is 15.1. The van der Waals surface area contributed by atoms with E-state index in [-0.39, 0.29) is 30.4 Å². The maximum Gasteiger partial charge on any atom is 0.472 e. The maximum absolute atomic E-state index is 13.1. The second kappa shape index (κ2) is 24.9. The average molecular weight is 838 g/mol. The highest BCUT2D eigenvalue weighted by atomic mass is 31.2. The van der Waals surface area contributed by atoms with Crippen LogP contribution in [0.1, 0.15) is 126 Å². The lowest BCUT2D eigenvalue weighted by molar-refractivity contribution is -0.0690. The molecule has 1 unspecified atom stereocenters. The van der Waals surface area contributed by atoms with Crippen LogP contribution in [0.15, 0.2) is 36.7 Å². The first-order valence-electron chi connectivity index (χ1n) is 20.8. The summed E-state index contributed by atoms with van der Waals surface area (Å²) >= 11 is 0. The molecule has 1 aliphatic rings. The van der Waals surface area contributed by atoms with E-state index in [0.29, 0.717) is 23.3 Å². The second-order valence-corrected chi connectivity index (χ2v) is 16.5. The zero-order valence-electron chi connectivity index (χ0n) is 34.1. The Morgan fingerprint density at radius 1 is 0.966 bits per heavy atom. The monoisotopic (exact) mass is 837 g/mol. The van der Waals surface area contributed by atoms with Crippen LogP contribution in [0, 0.1) is 29.2 Å². The zero-order chi connectivity index (χ0) is 42.5. The van der Waals surface area contributed by atoms with Crippen molar-refractivity contribution in [2.24, 2.45) is 0 Å². The average Bonchev–Trinajstić information content (AvgIpc) is 3.79. The molecule has 0 amide bonds. The van der Waals surface area contributed by atoms with Crippen LogP contribution in [0.25, 0.3) is 10.4 Å². The number of fused-ring (bicyclic) bond motifs is 1. The molecular formula is C42H60N7O9P. The molecule has 1 fully saturated rings. The summed E-state index contributed by atoms with van der Waals surface area (Å²) in [4.78, 5) is 17.9. The number of rotatable bonds is 29. The smallest absolute Gasteiger partial charge is 0.387 e. The van der Waals surface area contributed by atoms with Crippen molar-refractivity contribution in [1.82, 2.24) is 14.6 Å². The first-order chi connectivity index (χ1) is 28.6. The van der Waals surface area contributed by atoms with E-state index < -0.39 is 51.1 Å². The summed E-state index contributed by atoms with van der Waals surface area (Å²) < 4.78 is 42.5. The number of nitrogen functional groups attached to an aromatic ring is 1. The van der Waals surface area contributed by atoms with Crippen molar-refractivity contribution >= 4 is 24.8 Å². The van der Waals surface area contributed by atoms with E-state index >= 15 is 0 Å². The number of aliphatic hydroxyl groups excluding tert-OH is 2. The lowest BCUT2D eigenvalue weighted by atomic mass is 9.92. The Kier molecular flexibility index (Phi) is 20.2. The van der Waals surface area contributed by atoms with E-state index in [1.165, 1.54) is 106 Å². The Hall–Kier alpha value is -3.98. The molecule has 4 rings (SSSR count). The van der Waals surface area contributed by atoms with Crippen LogP contribution in [-0.4, -0.2) is 80.5 Å². The van der Waals surface area contributed by atoms with Crippen LogP contribution < -0.4 is 5.73 Å². The number of aromatic nitrogens is 3. The molecule has 2 aromatic heterocycles. The molecule has 0 radical (unpaired) electrons. The number of aliphatic hydroxyl groups is 2. The Balaban J connectivity index is 1.22. The number of phosphoric ester groups is 1. The molecule has 17 heteroatoms. The first kappa shape index (κ1) is 47.7. The highest BCUT2D eigenvalue weighted by Crippen LogP contribution is 2.46. The van der Waals surface area contributed by atoms with Crippen molar-refractivity contribution in [3.63, 3.8) is 0 Å². The molecule has 6 atom stereocenters. The van der Waals surface area contributed by atoms with Crippen molar-refractivity contribution < 1.29 is 42.9 Å². The maximum atomic E-state index is 13.1. The molecule has 1 aromatic carbocycles. The van der Waals surface area contributed by atoms with Gasteiger partial charge in [-0.1, -0.05) is 109 Å². The number of benzene rings is 1. The van der Waals surface area contributed by atoms with Crippen LogP contribution in [0.5, 0.6) is 0 Å². The quantitative estimate of drug-likeness (QED) is 0.0300. The van der Waals surface area contributed by atoms with Crippen LogP contribution in [-0.2, 0) is 40.0 Å². The van der Waals surface area contributed by atoms with E-state index in [4.69, 9.17) is 35.6 Å². The Morgan fingerprint density at radius 2 is 1.61 bits per heavy atom. The van der Waals surface area contributed by atoms with E-state index in [1.54, 1.807) is 12.1 Å². The zero-order valence-corrected chi connectivity index (χ0v) is 35.0. The summed E-state index contributed by atoms with van der Waals surface area (Å²) in [6.45, 7) is 8.87. The SMILES string of the molecule is [C-]#[N+]c1cc(C#N)cc(CO[C@H](COCCCCCCCCCCCCCCCCCC)COP(=O)(O)OC[C@H]2O[C@@](C#N)(c3ccc4c(N)ncnn34)[C@H](O)[C@@H]2O)c1. The van der Waals surface area contributed by atoms with Crippen molar-refractivity contribution in [3.05, 3.63) is 64.9 Å². The Morgan fingerprint density at radius 3 is 2.22 bits per heavy atom. The number of hydrogen-bond acceptors (Lipinski definition) is 13. The van der Waals surface area contributed by atoms with Crippen LogP contribution in [0.2, 0.25) is 0 Å². The molecule has 1 aliphatic heterocycles. The molecule has 1 saturated heterocycles. The van der Waals surface area contributed by atoms with Gasteiger partial charge in [0.2, 0.25) is 5.60 Å². The Bertz CT molecular complexity index is 1880. The fourth-order valence-electron chi connectivity index (χ4n) is 7.14. The molecule has 0 bridgehead atoms. The Labute approximate surface area is 347 Å². The van der Waals surface area contributed by atoms with Gasteiger partial charge >= 0.3 is 7.82 Å². The lowest BCUT2D eigenvalue weighted by Gasteiger charge is -2.24. The van der Waals surface area contributed by atoms with Crippen molar-refractivity contribution in [2.45, 2.75) is 146 Å². The van der Waals surface area contributed by atoms with Gasteiger partial charge < -0.3 is 35.1 Å². The summed E-state index contributed by atoms with van der Waals surface area (Å²) in [5.74, 6) is 0.113. The summed E-state index contributed by atoms with van der Waals surface area (Å²) in [5, 5.41) is 45.4. The van der Waals surface area contributed by atoms with Gasteiger partial charge in [-0.15, -0.1) is 0 Å². The first-order valence-corrected chi connectivity index (χ1v) is 22.3. The predicted molar refractivity (Wildman–Crippen MR) is 220 cm³/mol. The number of nitriles is 2. The number of hydrogen-bond donors (Lipinski definition) is 4. The third-order valence-electron chi connectivity index (χ3n) is 10.5. The molecule has 16 nitrogen and oxygen atoms in total. The summed E-state index contributed by atoms with van der Waals surface area (Å²) in [6, 6.07) is 11.5. The summed E-state index contributed by atoms with van der Waals surface area (Å²) in [7, 11) is -4.82. The van der Waals surface area contributed by atoms with Crippen molar-refractivity contribution in [3.8, 4) is 12.1 Å². The van der Waals surface area contributed by atoms with Gasteiger partial charge in [0, 0.05) is 12.2 Å². The van der Waals surface area contributed by atoms with Crippen molar-refractivity contribution in [2.75, 3.05) is 32.2 Å². The number of unbranched alkanes of at least 4 members (excludes halogenated alkanes) is 15. The van der Waals surface area contributed by atoms with E-state index in [1.807, 2.05) is 12.1 Å². The summed E-state index contributed by atoms with van der Waals surface area (Å²) in [5.41, 5.74) is 5.30. The number of anilines is 1. The normalized spacial score (nSPS) is 20.5. The third kappa shape index (κ3) is 14.6. The minimum absolute atomic E-state index is 0.0209. The van der Waals surface area contributed by atoms with Gasteiger partial charge in [-0.05, 0) is 36.2 Å². The molecule has 5 N–H and O–H groups in total. The minimum Gasteiger partial charge on any atom is -0.387 e. The van der Waals surface area contributed by atoms with E-state index in [0.717, 1.165) is 25.6 Å². The topological polar surface area (TPSA) is 232 Å². The van der Waals surface area contributed by atoms with Gasteiger partial charge in [0.1, 0.15) is 42.3 Å². The molecule has 3 heterocycles. The molecular weight excluding hydrogens is 777 g/mol. The highest BCUT2D eigenvalue weighted by molar-refractivity contribution is 7.47. The van der Waals surface area contributed by atoms with Gasteiger partial charge in [0.05, 0.1) is 44.8 Å². The van der Waals surface area contributed by atoms with Gasteiger partial charge in [0.25, 0.3) is 0 Å². The van der Waals surface area contributed by atoms with Crippen LogP contribution in [0.3, 0.4) is 0 Å². The standard InChI is InChI=1S/C42H60N7O9P/c1-3-4-5-6-7-8-9-10-11-12-13-14-15-16-17-18-21-54-27-35(55-26-33-22-32(25-43)23-34(24-33)46-2)28-56-59(52,53)57-29-37-39(50)40(51)42(30-44,58-37)38-20-19-36-41(45)47-31-48-49(36)38/h19-20,22-24,31,35,37,39-40,50-51H,3-18,21,26-29H2,1H3,(H,52,53)(H2,45,47,48)/t35-,37-,39-,40-,42+/m1/s1. The van der Waals surface area contributed by atoms with Crippen LogP contribution >= 0.6 is 7.82 Å². The molecule has 0 aliphatic carbocycles. The largest absolute Gasteiger partial charge is 0.472 e. The molecule has 0 saturated carbocycles. The number of phosphoric acid groups is 1. The van der Waals surface area contributed by atoms with Gasteiger partial charge in [0.15, 0.2) is 11.5 Å². The minimum atomic E-state index is -4.82.